The number of ether oxygens (including phenoxy) is 4. The highest BCUT2D eigenvalue weighted by molar-refractivity contribution is 6.32. The standard InChI is InChI=1S/C26H28ClN5O6/c1-35-24-9-19(6-7-28-24)38-20-8-23(37-16-20)26(34)30-18-10-29-32(13-18)14-25(33)31-11-17(12-31)15-36-22-5-3-2-4-21(22)27/h2-7,9-10,13,17,20,23H,8,11-12,14-16H2,1H3,(H,30,34)/t20-,23+/m1/s1. The van der Waals surface area contributed by atoms with E-state index in [1.165, 1.54) is 18.0 Å². The molecule has 2 aliphatic rings. The van der Waals surface area contributed by atoms with Crippen molar-refractivity contribution in [2.45, 2.75) is 25.2 Å². The first-order valence-electron chi connectivity index (χ1n) is 12.2. The second-order valence-electron chi connectivity index (χ2n) is 9.15. The minimum Gasteiger partial charge on any atom is -0.492 e. The minimum atomic E-state index is -0.653. The summed E-state index contributed by atoms with van der Waals surface area (Å²) in [5.41, 5.74) is 0.490. The molecule has 12 heteroatoms. The fourth-order valence-electron chi connectivity index (χ4n) is 4.26. The van der Waals surface area contributed by atoms with Crippen molar-refractivity contribution < 1.29 is 28.5 Å². The molecule has 4 heterocycles. The van der Waals surface area contributed by atoms with E-state index in [0.717, 1.165) is 0 Å². The van der Waals surface area contributed by atoms with Crippen LogP contribution in [0.4, 0.5) is 5.69 Å². The Bertz CT molecular complexity index is 1280. The van der Waals surface area contributed by atoms with Crippen LogP contribution in [-0.2, 0) is 20.9 Å². The molecule has 2 aromatic heterocycles. The lowest BCUT2D eigenvalue weighted by Crippen LogP contribution is -2.53. The smallest absolute Gasteiger partial charge is 0.253 e. The molecule has 0 bridgehead atoms. The van der Waals surface area contributed by atoms with Gasteiger partial charge in [-0.25, -0.2) is 4.98 Å². The number of halogens is 1. The fourth-order valence-corrected chi connectivity index (χ4v) is 4.45. The van der Waals surface area contributed by atoms with Crippen molar-refractivity contribution in [1.82, 2.24) is 19.7 Å². The van der Waals surface area contributed by atoms with Crippen LogP contribution in [0.3, 0.4) is 0 Å². The molecule has 2 aliphatic heterocycles. The number of nitrogens with zero attached hydrogens (tertiary/aromatic N) is 4. The SMILES string of the molecule is COc1cc(O[C@H]2CO[C@H](C(=O)Nc3cnn(CC(=O)N4CC(COc5ccccc5Cl)C4)c3)C2)ccn1. The first-order chi connectivity index (χ1) is 18.5. The molecule has 0 radical (unpaired) electrons. The van der Waals surface area contributed by atoms with Crippen molar-refractivity contribution in [2.75, 3.05) is 38.7 Å². The topological polar surface area (TPSA) is 117 Å². The molecule has 2 fully saturated rings. The number of para-hydroxylation sites is 1. The minimum absolute atomic E-state index is 0.0492. The summed E-state index contributed by atoms with van der Waals surface area (Å²) in [4.78, 5) is 31.1. The third-order valence-corrected chi connectivity index (χ3v) is 6.60. The van der Waals surface area contributed by atoms with E-state index >= 15 is 0 Å². The molecule has 0 unspecified atom stereocenters. The van der Waals surface area contributed by atoms with Gasteiger partial charge in [-0.3, -0.25) is 14.3 Å². The van der Waals surface area contributed by atoms with E-state index in [9.17, 15) is 9.59 Å². The summed E-state index contributed by atoms with van der Waals surface area (Å²) >= 11 is 6.11. The largest absolute Gasteiger partial charge is 0.492 e. The highest BCUT2D eigenvalue weighted by atomic mass is 35.5. The summed E-state index contributed by atoms with van der Waals surface area (Å²) in [5, 5.41) is 7.57. The number of amides is 2. The molecule has 38 heavy (non-hydrogen) atoms. The van der Waals surface area contributed by atoms with E-state index in [-0.39, 0.29) is 37.0 Å². The fraction of sp³-hybridized carbons (Fsp3) is 0.385. The molecule has 1 N–H and O–H groups in total. The lowest BCUT2D eigenvalue weighted by Gasteiger charge is -2.39. The Morgan fingerprint density at radius 1 is 1.24 bits per heavy atom. The zero-order valence-electron chi connectivity index (χ0n) is 20.8. The van der Waals surface area contributed by atoms with Crippen LogP contribution in [0.25, 0.3) is 0 Å². The highest BCUT2D eigenvalue weighted by Crippen LogP contribution is 2.26. The van der Waals surface area contributed by atoms with Gasteiger partial charge in [-0.1, -0.05) is 23.7 Å². The van der Waals surface area contributed by atoms with Crippen molar-refractivity contribution >= 4 is 29.1 Å². The number of anilines is 1. The summed E-state index contributed by atoms with van der Waals surface area (Å²) in [5.74, 6) is 1.60. The monoisotopic (exact) mass is 541 g/mol. The maximum atomic E-state index is 12.7. The molecule has 0 saturated carbocycles. The van der Waals surface area contributed by atoms with Gasteiger partial charge in [-0.05, 0) is 18.2 Å². The molecule has 5 rings (SSSR count). The molecular weight excluding hydrogens is 514 g/mol. The Morgan fingerprint density at radius 2 is 2.08 bits per heavy atom. The zero-order chi connectivity index (χ0) is 26.5. The zero-order valence-corrected chi connectivity index (χ0v) is 21.5. The molecule has 0 aliphatic carbocycles. The van der Waals surface area contributed by atoms with Gasteiger partial charge >= 0.3 is 0 Å². The summed E-state index contributed by atoms with van der Waals surface area (Å²) in [6.07, 6.45) is 4.20. The van der Waals surface area contributed by atoms with Crippen LogP contribution in [0.15, 0.2) is 55.0 Å². The second-order valence-corrected chi connectivity index (χ2v) is 9.56. The van der Waals surface area contributed by atoms with Crippen LogP contribution < -0.4 is 19.5 Å². The van der Waals surface area contributed by atoms with E-state index in [1.807, 2.05) is 18.2 Å². The molecule has 2 saturated heterocycles. The average molecular weight is 542 g/mol. The van der Waals surface area contributed by atoms with E-state index in [2.05, 4.69) is 15.4 Å². The molecule has 3 aromatic rings. The Morgan fingerprint density at radius 3 is 2.89 bits per heavy atom. The first kappa shape index (κ1) is 25.8. The molecule has 200 valence electrons. The predicted octanol–water partition coefficient (Wildman–Crippen LogP) is 2.65. The summed E-state index contributed by atoms with van der Waals surface area (Å²) in [7, 11) is 1.53. The molecule has 2 amide bonds. The average Bonchev–Trinajstić information content (AvgIpc) is 3.53. The number of carbonyl (C=O) groups is 2. The van der Waals surface area contributed by atoms with Gasteiger partial charge in [0.05, 0.1) is 37.2 Å². The lowest BCUT2D eigenvalue weighted by molar-refractivity contribution is -0.139. The number of pyridine rings is 1. The van der Waals surface area contributed by atoms with E-state index in [4.69, 9.17) is 30.5 Å². The number of benzene rings is 1. The quantitative estimate of drug-likeness (QED) is 0.416. The van der Waals surface area contributed by atoms with Crippen molar-refractivity contribution in [3.63, 3.8) is 0 Å². The maximum absolute atomic E-state index is 12.7. The number of hydrogen-bond donors (Lipinski definition) is 1. The third-order valence-electron chi connectivity index (χ3n) is 6.29. The van der Waals surface area contributed by atoms with Crippen molar-refractivity contribution in [1.29, 1.82) is 0 Å². The Hall–Kier alpha value is -3.83. The van der Waals surface area contributed by atoms with Crippen LogP contribution in [0.1, 0.15) is 6.42 Å². The number of nitrogens with one attached hydrogen (secondary N) is 1. The van der Waals surface area contributed by atoms with Crippen LogP contribution in [0.5, 0.6) is 17.4 Å². The number of aromatic nitrogens is 3. The molecule has 1 aromatic carbocycles. The second kappa shape index (κ2) is 11.7. The van der Waals surface area contributed by atoms with E-state index < -0.39 is 6.10 Å². The third kappa shape index (κ3) is 6.35. The van der Waals surface area contributed by atoms with Crippen LogP contribution >= 0.6 is 11.6 Å². The molecule has 2 atom stereocenters. The van der Waals surface area contributed by atoms with E-state index in [0.29, 0.717) is 54.2 Å². The van der Waals surface area contributed by atoms with Gasteiger partial charge in [-0.2, -0.15) is 5.10 Å². The Balaban J connectivity index is 1.03. The number of carbonyl (C=O) groups excluding carboxylic acids is 2. The van der Waals surface area contributed by atoms with Crippen molar-refractivity contribution in [2.24, 2.45) is 5.92 Å². The normalized spacial score (nSPS) is 19.1. The van der Waals surface area contributed by atoms with Crippen molar-refractivity contribution in [3.8, 4) is 17.4 Å². The van der Waals surface area contributed by atoms with Gasteiger partial charge in [-0.15, -0.1) is 0 Å². The molecule has 11 nitrogen and oxygen atoms in total. The lowest BCUT2D eigenvalue weighted by atomic mass is 10.0. The van der Waals surface area contributed by atoms with Gasteiger partial charge in [0, 0.05) is 43.9 Å². The summed E-state index contributed by atoms with van der Waals surface area (Å²) in [6, 6.07) is 10.7. The van der Waals surface area contributed by atoms with Gasteiger partial charge in [0.15, 0.2) is 0 Å². The predicted molar refractivity (Wildman–Crippen MR) is 137 cm³/mol. The maximum Gasteiger partial charge on any atom is 0.253 e. The van der Waals surface area contributed by atoms with Crippen LogP contribution in [0, 0.1) is 5.92 Å². The van der Waals surface area contributed by atoms with Gasteiger partial charge < -0.3 is 29.2 Å². The number of methoxy groups -OCH3 is 1. The van der Waals surface area contributed by atoms with E-state index in [1.54, 1.807) is 35.5 Å². The summed E-state index contributed by atoms with van der Waals surface area (Å²) in [6.45, 7) is 2.10. The summed E-state index contributed by atoms with van der Waals surface area (Å²) < 4.78 is 23.9. The van der Waals surface area contributed by atoms with Gasteiger partial charge in [0.25, 0.3) is 5.91 Å². The molecule has 0 spiro atoms. The van der Waals surface area contributed by atoms with Crippen LogP contribution in [-0.4, -0.2) is 77.1 Å². The Labute approximate surface area is 224 Å². The highest BCUT2D eigenvalue weighted by Gasteiger charge is 2.33. The number of likely N-dealkylation sites (tertiary alicyclic amines) is 1. The van der Waals surface area contributed by atoms with Gasteiger partial charge in [0.2, 0.25) is 11.8 Å². The van der Waals surface area contributed by atoms with Crippen molar-refractivity contribution in [3.05, 3.63) is 60.0 Å². The Kier molecular flexibility index (Phi) is 7.94. The number of rotatable bonds is 10. The number of hydrogen-bond acceptors (Lipinski definition) is 8. The van der Waals surface area contributed by atoms with Gasteiger partial charge in [0.1, 0.15) is 30.3 Å². The first-order valence-corrected chi connectivity index (χ1v) is 12.6. The molecular formula is C26H28ClN5O6. The van der Waals surface area contributed by atoms with Crippen LogP contribution in [0.2, 0.25) is 5.02 Å².